The van der Waals surface area contributed by atoms with Crippen LogP contribution >= 0.6 is 0 Å². The van der Waals surface area contributed by atoms with Crippen molar-refractivity contribution in [2.45, 2.75) is 0 Å². The Morgan fingerprint density at radius 1 is 1.24 bits per heavy atom. The second-order valence-electron chi connectivity index (χ2n) is 3.74. The van der Waals surface area contributed by atoms with E-state index in [1.54, 1.807) is 12.1 Å². The maximum absolute atomic E-state index is 11.3. The van der Waals surface area contributed by atoms with Crippen molar-refractivity contribution in [2.75, 3.05) is 0 Å². The van der Waals surface area contributed by atoms with E-state index in [2.05, 4.69) is 15.0 Å². The average molecular weight is 226 g/mol. The maximum Gasteiger partial charge on any atom is 0.250 e. The first-order valence-corrected chi connectivity index (χ1v) is 5.18. The molecule has 0 unspecified atom stereocenters. The first-order valence-electron chi connectivity index (χ1n) is 5.18. The molecule has 1 amide bonds. The molecular weight excluding hydrogens is 216 g/mol. The van der Waals surface area contributed by atoms with Crippen LogP contribution in [0.1, 0.15) is 10.4 Å². The van der Waals surface area contributed by atoms with Crippen molar-refractivity contribution in [3.8, 4) is 11.5 Å². The fourth-order valence-corrected chi connectivity index (χ4v) is 1.84. The van der Waals surface area contributed by atoms with E-state index in [1.165, 1.54) is 0 Å². The van der Waals surface area contributed by atoms with E-state index in [-0.39, 0.29) is 0 Å². The Morgan fingerprint density at radius 2 is 2.12 bits per heavy atom. The highest BCUT2D eigenvalue weighted by Gasteiger charge is 2.11. The van der Waals surface area contributed by atoms with Crippen molar-refractivity contribution in [3.05, 3.63) is 42.1 Å². The Kier molecular flexibility index (Phi) is 1.98. The summed E-state index contributed by atoms with van der Waals surface area (Å²) in [7, 11) is 0. The molecule has 4 N–H and O–H groups in total. The van der Waals surface area contributed by atoms with Crippen LogP contribution in [0, 0.1) is 0 Å². The summed E-state index contributed by atoms with van der Waals surface area (Å²) in [6, 6.07) is 9.10. The highest BCUT2D eigenvalue weighted by atomic mass is 16.1. The number of hydrogen-bond donors (Lipinski definition) is 3. The van der Waals surface area contributed by atoms with Gasteiger partial charge in [0.15, 0.2) is 5.82 Å². The molecule has 0 aliphatic heterocycles. The standard InChI is InChI=1S/C12H10N4O/c13-11(17)7-3-1-4-8-10(7)16-12(15-8)9-5-2-6-14-9/h1-6,14H,(H2,13,17)(H,15,16). The van der Waals surface area contributed by atoms with Crippen molar-refractivity contribution in [2.24, 2.45) is 5.73 Å². The van der Waals surface area contributed by atoms with E-state index in [0.29, 0.717) is 16.9 Å². The number of carbonyl (C=O) groups is 1. The van der Waals surface area contributed by atoms with Gasteiger partial charge in [-0.1, -0.05) is 6.07 Å². The van der Waals surface area contributed by atoms with Gasteiger partial charge in [0.1, 0.15) is 5.52 Å². The Labute approximate surface area is 96.7 Å². The molecule has 0 bridgehead atoms. The molecule has 5 nitrogen and oxygen atoms in total. The molecule has 2 aromatic heterocycles. The number of rotatable bonds is 2. The van der Waals surface area contributed by atoms with Gasteiger partial charge in [0.2, 0.25) is 0 Å². The van der Waals surface area contributed by atoms with Crippen LogP contribution in [0.15, 0.2) is 36.5 Å². The number of fused-ring (bicyclic) bond motifs is 1. The Balaban J connectivity index is 2.26. The first-order chi connectivity index (χ1) is 8.25. The number of carbonyl (C=O) groups excluding carboxylic acids is 1. The van der Waals surface area contributed by atoms with Gasteiger partial charge in [0.25, 0.3) is 5.91 Å². The molecule has 0 aliphatic rings. The Bertz CT molecular complexity index is 682. The third kappa shape index (κ3) is 1.48. The van der Waals surface area contributed by atoms with Gasteiger partial charge < -0.3 is 15.7 Å². The molecule has 5 heteroatoms. The monoisotopic (exact) mass is 226 g/mol. The number of nitrogens with one attached hydrogen (secondary N) is 2. The number of nitrogens with zero attached hydrogens (tertiary/aromatic N) is 1. The number of H-pyrrole nitrogens is 2. The van der Waals surface area contributed by atoms with Crippen molar-refractivity contribution in [1.82, 2.24) is 15.0 Å². The molecule has 3 rings (SSSR count). The topological polar surface area (TPSA) is 87.6 Å². The zero-order chi connectivity index (χ0) is 11.8. The van der Waals surface area contributed by atoms with Crippen LogP contribution in [-0.2, 0) is 0 Å². The van der Waals surface area contributed by atoms with Crippen molar-refractivity contribution < 1.29 is 4.79 Å². The van der Waals surface area contributed by atoms with Gasteiger partial charge in [-0.25, -0.2) is 4.98 Å². The summed E-state index contributed by atoms with van der Waals surface area (Å²) >= 11 is 0. The van der Waals surface area contributed by atoms with Gasteiger partial charge in [-0.05, 0) is 24.3 Å². The molecule has 3 aromatic rings. The second-order valence-corrected chi connectivity index (χ2v) is 3.74. The maximum atomic E-state index is 11.3. The van der Waals surface area contributed by atoms with Gasteiger partial charge >= 0.3 is 0 Å². The number of primary amides is 1. The number of para-hydroxylation sites is 1. The summed E-state index contributed by atoms with van der Waals surface area (Å²) in [4.78, 5) is 21.9. The fourth-order valence-electron chi connectivity index (χ4n) is 1.84. The Morgan fingerprint density at radius 3 is 2.82 bits per heavy atom. The van der Waals surface area contributed by atoms with Gasteiger partial charge in [-0.15, -0.1) is 0 Å². The van der Waals surface area contributed by atoms with Crippen LogP contribution in [0.2, 0.25) is 0 Å². The minimum absolute atomic E-state index is 0.427. The van der Waals surface area contributed by atoms with Crippen molar-refractivity contribution in [1.29, 1.82) is 0 Å². The predicted octanol–water partition coefficient (Wildman–Crippen LogP) is 1.66. The molecule has 1 aromatic carbocycles. The minimum Gasteiger partial charge on any atom is -0.366 e. The van der Waals surface area contributed by atoms with Gasteiger partial charge in [0.05, 0.1) is 16.8 Å². The van der Waals surface area contributed by atoms with E-state index in [1.807, 2.05) is 24.4 Å². The first kappa shape index (κ1) is 9.65. The van der Waals surface area contributed by atoms with Crippen LogP contribution in [-0.4, -0.2) is 20.9 Å². The molecule has 0 fully saturated rings. The quantitative estimate of drug-likeness (QED) is 0.620. The summed E-state index contributed by atoms with van der Waals surface area (Å²) in [6.45, 7) is 0. The Hall–Kier alpha value is -2.56. The molecule has 17 heavy (non-hydrogen) atoms. The van der Waals surface area contributed by atoms with Gasteiger partial charge in [-0.3, -0.25) is 4.79 Å². The minimum atomic E-state index is -0.472. The molecule has 0 saturated carbocycles. The number of imidazole rings is 1. The zero-order valence-corrected chi connectivity index (χ0v) is 8.90. The number of amides is 1. The predicted molar refractivity (Wildman–Crippen MR) is 64.4 cm³/mol. The molecular formula is C12H10N4O. The number of aromatic nitrogens is 3. The zero-order valence-electron chi connectivity index (χ0n) is 8.90. The number of nitrogens with two attached hydrogens (primary N) is 1. The highest BCUT2D eigenvalue weighted by molar-refractivity contribution is 6.04. The van der Waals surface area contributed by atoms with Crippen LogP contribution < -0.4 is 5.73 Å². The number of benzene rings is 1. The summed E-state index contributed by atoms with van der Waals surface area (Å²) in [5.41, 5.74) is 8.01. The number of hydrogen-bond acceptors (Lipinski definition) is 2. The summed E-state index contributed by atoms with van der Waals surface area (Å²) in [6.07, 6.45) is 1.82. The number of aromatic amines is 2. The van der Waals surface area contributed by atoms with Crippen molar-refractivity contribution in [3.63, 3.8) is 0 Å². The lowest BCUT2D eigenvalue weighted by Crippen LogP contribution is -2.11. The highest BCUT2D eigenvalue weighted by Crippen LogP contribution is 2.21. The second kappa shape index (κ2) is 3.48. The molecule has 0 aliphatic carbocycles. The molecule has 84 valence electrons. The lowest BCUT2D eigenvalue weighted by atomic mass is 10.2. The molecule has 2 heterocycles. The van der Waals surface area contributed by atoms with Crippen molar-refractivity contribution >= 4 is 16.9 Å². The van der Waals surface area contributed by atoms with Crippen LogP contribution in [0.5, 0.6) is 0 Å². The lowest BCUT2D eigenvalue weighted by Gasteiger charge is -1.94. The van der Waals surface area contributed by atoms with Crippen LogP contribution in [0.3, 0.4) is 0 Å². The molecule has 0 radical (unpaired) electrons. The SMILES string of the molecule is NC(=O)c1cccc2[nH]c(-c3ccc[nH]3)nc12. The van der Waals surface area contributed by atoms with Gasteiger partial charge in [-0.2, -0.15) is 0 Å². The molecule has 0 atom stereocenters. The normalized spacial score (nSPS) is 10.8. The van der Waals surface area contributed by atoms with E-state index in [0.717, 1.165) is 11.2 Å². The van der Waals surface area contributed by atoms with E-state index >= 15 is 0 Å². The molecule has 0 spiro atoms. The van der Waals surface area contributed by atoms with Crippen LogP contribution in [0.25, 0.3) is 22.6 Å². The smallest absolute Gasteiger partial charge is 0.250 e. The lowest BCUT2D eigenvalue weighted by molar-refractivity contribution is 0.100. The van der Waals surface area contributed by atoms with Gasteiger partial charge in [0, 0.05) is 6.20 Å². The summed E-state index contributed by atoms with van der Waals surface area (Å²) in [5.74, 6) is 0.221. The summed E-state index contributed by atoms with van der Waals surface area (Å²) < 4.78 is 0. The third-order valence-electron chi connectivity index (χ3n) is 2.63. The molecule has 0 saturated heterocycles. The van der Waals surface area contributed by atoms with E-state index in [4.69, 9.17) is 5.73 Å². The largest absolute Gasteiger partial charge is 0.366 e. The average Bonchev–Trinajstić information content (AvgIpc) is 2.96. The fraction of sp³-hybridized carbons (Fsp3) is 0. The van der Waals surface area contributed by atoms with E-state index < -0.39 is 5.91 Å². The third-order valence-corrected chi connectivity index (χ3v) is 2.63. The van der Waals surface area contributed by atoms with E-state index in [9.17, 15) is 4.79 Å². The summed E-state index contributed by atoms with van der Waals surface area (Å²) in [5, 5.41) is 0. The van der Waals surface area contributed by atoms with Crippen LogP contribution in [0.4, 0.5) is 0 Å².